The summed E-state index contributed by atoms with van der Waals surface area (Å²) in [6.45, 7) is 7.52. The van der Waals surface area contributed by atoms with E-state index in [1.165, 1.54) is 4.90 Å². The van der Waals surface area contributed by atoms with Crippen molar-refractivity contribution in [3.8, 4) is 5.75 Å². The van der Waals surface area contributed by atoms with Crippen molar-refractivity contribution in [2.45, 2.75) is 27.7 Å². The van der Waals surface area contributed by atoms with Crippen LogP contribution in [0, 0.1) is 13.8 Å². The van der Waals surface area contributed by atoms with Gasteiger partial charge < -0.3 is 19.7 Å². The molecule has 0 aromatic heterocycles. The maximum absolute atomic E-state index is 12.0. The average molecular weight is 350 g/mol. The van der Waals surface area contributed by atoms with Crippen LogP contribution in [-0.2, 0) is 19.1 Å². The third kappa shape index (κ3) is 7.69. The van der Waals surface area contributed by atoms with Crippen molar-refractivity contribution in [2.75, 3.05) is 32.8 Å². The molecule has 7 heteroatoms. The summed E-state index contributed by atoms with van der Waals surface area (Å²) in [6, 6.07) is 5.63. The van der Waals surface area contributed by atoms with Crippen LogP contribution in [0.2, 0.25) is 0 Å². The number of carbonyl (C=O) groups is 3. The molecule has 0 unspecified atom stereocenters. The quantitative estimate of drug-likeness (QED) is 0.677. The Balaban J connectivity index is 2.41. The van der Waals surface area contributed by atoms with Crippen LogP contribution < -0.4 is 10.1 Å². The fourth-order valence-corrected chi connectivity index (χ4v) is 2.24. The van der Waals surface area contributed by atoms with E-state index >= 15 is 0 Å². The molecular formula is C18H26N2O5. The van der Waals surface area contributed by atoms with E-state index in [-0.39, 0.29) is 19.1 Å². The summed E-state index contributed by atoms with van der Waals surface area (Å²) in [5, 5.41) is 2.62. The highest BCUT2D eigenvalue weighted by molar-refractivity contribution is 5.86. The lowest BCUT2D eigenvalue weighted by Crippen LogP contribution is -2.42. The molecule has 7 nitrogen and oxygen atoms in total. The molecule has 0 saturated carbocycles. The molecule has 0 bridgehead atoms. The highest BCUT2D eigenvalue weighted by Gasteiger charge is 2.17. The highest BCUT2D eigenvalue weighted by Crippen LogP contribution is 2.16. The summed E-state index contributed by atoms with van der Waals surface area (Å²) in [4.78, 5) is 36.6. The molecule has 0 aliphatic carbocycles. The van der Waals surface area contributed by atoms with E-state index in [1.807, 2.05) is 32.0 Å². The number of carbonyl (C=O) groups excluding carboxylic acids is 3. The van der Waals surface area contributed by atoms with Gasteiger partial charge in [0.25, 0.3) is 5.91 Å². The highest BCUT2D eigenvalue weighted by atomic mass is 16.6. The Hall–Kier alpha value is -2.57. The van der Waals surface area contributed by atoms with Gasteiger partial charge in [-0.05, 0) is 51.0 Å². The standard InChI is InChI=1S/C18H26N2O5/c1-5-19-16(21)10-20(6-2)17(22)11-25-18(23)12-24-15-8-13(3)7-14(4)9-15/h7-9H,5-6,10-12H2,1-4H3,(H,19,21). The van der Waals surface area contributed by atoms with Crippen LogP contribution in [0.5, 0.6) is 5.75 Å². The number of rotatable bonds is 9. The second-order valence-electron chi connectivity index (χ2n) is 5.63. The van der Waals surface area contributed by atoms with E-state index in [0.717, 1.165) is 11.1 Å². The van der Waals surface area contributed by atoms with Gasteiger partial charge in [-0.15, -0.1) is 0 Å². The minimum atomic E-state index is -0.637. The van der Waals surface area contributed by atoms with Crippen molar-refractivity contribution in [2.24, 2.45) is 0 Å². The second kappa shape index (κ2) is 10.3. The number of benzene rings is 1. The zero-order chi connectivity index (χ0) is 18.8. The number of esters is 1. The topological polar surface area (TPSA) is 84.9 Å². The minimum Gasteiger partial charge on any atom is -0.482 e. The molecule has 1 aromatic carbocycles. The summed E-state index contributed by atoms with van der Waals surface area (Å²) in [6.07, 6.45) is 0. The van der Waals surface area contributed by atoms with Gasteiger partial charge in [-0.25, -0.2) is 4.79 Å². The normalized spacial score (nSPS) is 10.1. The number of likely N-dealkylation sites (N-methyl/N-ethyl adjacent to an activating group) is 2. The van der Waals surface area contributed by atoms with Gasteiger partial charge in [-0.3, -0.25) is 9.59 Å². The fourth-order valence-electron chi connectivity index (χ4n) is 2.24. The van der Waals surface area contributed by atoms with Crippen molar-refractivity contribution in [3.63, 3.8) is 0 Å². The molecule has 0 fully saturated rings. The molecule has 25 heavy (non-hydrogen) atoms. The molecule has 1 aromatic rings. The second-order valence-corrected chi connectivity index (χ2v) is 5.63. The maximum atomic E-state index is 12.0. The predicted molar refractivity (Wildman–Crippen MR) is 93.3 cm³/mol. The number of amides is 2. The molecule has 1 rings (SSSR count). The Morgan fingerprint density at radius 1 is 1.04 bits per heavy atom. The zero-order valence-corrected chi connectivity index (χ0v) is 15.3. The van der Waals surface area contributed by atoms with Gasteiger partial charge in [0.1, 0.15) is 5.75 Å². The Labute approximate surface area is 148 Å². The Bertz CT molecular complexity index is 595. The first-order valence-electron chi connectivity index (χ1n) is 8.26. The summed E-state index contributed by atoms with van der Waals surface area (Å²) < 4.78 is 10.3. The molecule has 0 atom stereocenters. The minimum absolute atomic E-state index is 0.0558. The Morgan fingerprint density at radius 3 is 2.24 bits per heavy atom. The third-order valence-corrected chi connectivity index (χ3v) is 3.35. The number of hydrogen-bond acceptors (Lipinski definition) is 5. The molecule has 0 aliphatic rings. The lowest BCUT2D eigenvalue weighted by molar-refractivity contribution is -0.154. The van der Waals surface area contributed by atoms with Gasteiger partial charge in [0, 0.05) is 13.1 Å². The van der Waals surface area contributed by atoms with Crippen molar-refractivity contribution in [1.82, 2.24) is 10.2 Å². The van der Waals surface area contributed by atoms with Crippen LogP contribution in [0.4, 0.5) is 0 Å². The van der Waals surface area contributed by atoms with Crippen LogP contribution in [0.25, 0.3) is 0 Å². The SMILES string of the molecule is CCNC(=O)CN(CC)C(=O)COC(=O)COc1cc(C)cc(C)c1. The van der Waals surface area contributed by atoms with Gasteiger partial charge in [0.05, 0.1) is 6.54 Å². The number of hydrogen-bond donors (Lipinski definition) is 1. The van der Waals surface area contributed by atoms with Gasteiger partial charge in [0.2, 0.25) is 5.91 Å². The fraction of sp³-hybridized carbons (Fsp3) is 0.500. The molecule has 138 valence electrons. The average Bonchev–Trinajstić information content (AvgIpc) is 2.55. The summed E-state index contributed by atoms with van der Waals surface area (Å²) >= 11 is 0. The van der Waals surface area contributed by atoms with Gasteiger partial charge in [0.15, 0.2) is 13.2 Å². The predicted octanol–water partition coefficient (Wildman–Crippen LogP) is 1.21. The van der Waals surface area contributed by atoms with Crippen molar-refractivity contribution in [3.05, 3.63) is 29.3 Å². The third-order valence-electron chi connectivity index (χ3n) is 3.35. The first-order chi connectivity index (χ1) is 11.8. The van der Waals surface area contributed by atoms with E-state index in [9.17, 15) is 14.4 Å². The van der Waals surface area contributed by atoms with E-state index < -0.39 is 18.5 Å². The first-order valence-corrected chi connectivity index (χ1v) is 8.26. The van der Waals surface area contributed by atoms with Crippen molar-refractivity contribution in [1.29, 1.82) is 0 Å². The van der Waals surface area contributed by atoms with Gasteiger partial charge in [-0.2, -0.15) is 0 Å². The number of ether oxygens (including phenoxy) is 2. The largest absolute Gasteiger partial charge is 0.482 e. The van der Waals surface area contributed by atoms with E-state index in [4.69, 9.17) is 9.47 Å². The Morgan fingerprint density at radius 2 is 1.68 bits per heavy atom. The summed E-state index contributed by atoms with van der Waals surface area (Å²) in [7, 11) is 0. The summed E-state index contributed by atoms with van der Waals surface area (Å²) in [5.74, 6) is -0.732. The van der Waals surface area contributed by atoms with Crippen LogP contribution >= 0.6 is 0 Å². The van der Waals surface area contributed by atoms with Crippen molar-refractivity contribution < 1.29 is 23.9 Å². The molecule has 0 aliphatic heterocycles. The smallest absolute Gasteiger partial charge is 0.344 e. The van der Waals surface area contributed by atoms with Crippen LogP contribution in [-0.4, -0.2) is 55.5 Å². The molecule has 2 amide bonds. The van der Waals surface area contributed by atoms with Crippen LogP contribution in [0.3, 0.4) is 0 Å². The number of aryl methyl sites for hydroxylation is 2. The molecule has 0 spiro atoms. The monoisotopic (exact) mass is 350 g/mol. The van der Waals surface area contributed by atoms with Crippen LogP contribution in [0.1, 0.15) is 25.0 Å². The lowest BCUT2D eigenvalue weighted by atomic mass is 10.1. The lowest BCUT2D eigenvalue weighted by Gasteiger charge is -2.20. The number of nitrogens with one attached hydrogen (secondary N) is 1. The van der Waals surface area contributed by atoms with E-state index in [2.05, 4.69) is 5.32 Å². The van der Waals surface area contributed by atoms with E-state index in [1.54, 1.807) is 13.8 Å². The van der Waals surface area contributed by atoms with Gasteiger partial charge in [-0.1, -0.05) is 6.07 Å². The molecular weight excluding hydrogens is 324 g/mol. The first kappa shape index (κ1) is 20.5. The Kier molecular flexibility index (Phi) is 8.46. The summed E-state index contributed by atoms with van der Waals surface area (Å²) in [5.41, 5.74) is 2.06. The molecule has 0 radical (unpaired) electrons. The maximum Gasteiger partial charge on any atom is 0.344 e. The zero-order valence-electron chi connectivity index (χ0n) is 15.3. The number of nitrogens with zero attached hydrogens (tertiary/aromatic N) is 1. The molecule has 0 heterocycles. The molecule has 1 N–H and O–H groups in total. The van der Waals surface area contributed by atoms with Gasteiger partial charge >= 0.3 is 5.97 Å². The van der Waals surface area contributed by atoms with E-state index in [0.29, 0.717) is 18.8 Å². The van der Waals surface area contributed by atoms with Crippen LogP contribution in [0.15, 0.2) is 18.2 Å². The molecule has 0 saturated heterocycles. The van der Waals surface area contributed by atoms with Crippen molar-refractivity contribution >= 4 is 17.8 Å².